The van der Waals surface area contributed by atoms with Crippen LogP contribution in [0.5, 0.6) is 0 Å². The van der Waals surface area contributed by atoms with E-state index in [-0.39, 0.29) is 12.4 Å². The Morgan fingerprint density at radius 1 is 0.880 bits per heavy atom. The van der Waals surface area contributed by atoms with Crippen molar-refractivity contribution in [3.8, 4) is 0 Å². The standard InChI is InChI=1S/C22H29N2.ClH/c1-16(2)19-10-8-11-20(17(3)4)22(19)24-14-13-23(15-24)21-12-7-6-9-18(21)5;/h6-12,15-17H,13-14H2,1-5H3;1H/q+1;/p-1. The molecular weight excluding hydrogens is 328 g/mol. The lowest BCUT2D eigenvalue weighted by Gasteiger charge is -2.17. The quantitative estimate of drug-likeness (QED) is 0.763. The van der Waals surface area contributed by atoms with Crippen LogP contribution in [0, 0.1) is 6.92 Å². The van der Waals surface area contributed by atoms with Crippen molar-refractivity contribution in [1.29, 1.82) is 0 Å². The van der Waals surface area contributed by atoms with Crippen molar-refractivity contribution >= 4 is 17.7 Å². The van der Waals surface area contributed by atoms with E-state index in [0.717, 1.165) is 13.1 Å². The Hall–Kier alpha value is -1.80. The lowest BCUT2D eigenvalue weighted by molar-refractivity contribution is -0.425. The smallest absolute Gasteiger partial charge is 0.244 e. The Morgan fingerprint density at radius 2 is 1.48 bits per heavy atom. The number of hydrogen-bond donors (Lipinski definition) is 0. The van der Waals surface area contributed by atoms with E-state index in [9.17, 15) is 0 Å². The Balaban J connectivity index is 0.00000225. The molecule has 3 heteroatoms. The molecule has 134 valence electrons. The van der Waals surface area contributed by atoms with Crippen molar-refractivity contribution in [2.45, 2.75) is 46.5 Å². The van der Waals surface area contributed by atoms with E-state index in [1.54, 1.807) is 0 Å². The van der Waals surface area contributed by atoms with Crippen LogP contribution in [0.4, 0.5) is 11.4 Å². The van der Waals surface area contributed by atoms with Gasteiger partial charge in [0.2, 0.25) is 6.34 Å². The first-order valence-corrected chi connectivity index (χ1v) is 9.05. The lowest BCUT2D eigenvalue weighted by Crippen LogP contribution is -3.00. The Kier molecular flexibility index (Phi) is 6.29. The van der Waals surface area contributed by atoms with Gasteiger partial charge in [0, 0.05) is 11.1 Å². The number of hydrogen-bond acceptors (Lipinski definition) is 1. The second-order valence-corrected chi connectivity index (χ2v) is 7.38. The predicted octanol–water partition coefficient (Wildman–Crippen LogP) is 2.44. The van der Waals surface area contributed by atoms with Crippen LogP contribution in [0.15, 0.2) is 42.5 Å². The minimum Gasteiger partial charge on any atom is -1.00 e. The average Bonchev–Trinajstić information content (AvgIpc) is 3.03. The van der Waals surface area contributed by atoms with Crippen LogP contribution in [0.2, 0.25) is 0 Å². The van der Waals surface area contributed by atoms with Crippen molar-refractivity contribution in [2.24, 2.45) is 0 Å². The highest BCUT2D eigenvalue weighted by Gasteiger charge is 2.28. The van der Waals surface area contributed by atoms with E-state index in [1.807, 2.05) is 0 Å². The number of anilines is 1. The van der Waals surface area contributed by atoms with Gasteiger partial charge in [-0.2, -0.15) is 0 Å². The third-order valence-corrected chi connectivity index (χ3v) is 4.92. The maximum atomic E-state index is 2.46. The first kappa shape index (κ1) is 19.5. The van der Waals surface area contributed by atoms with Gasteiger partial charge in [-0.1, -0.05) is 64.1 Å². The summed E-state index contributed by atoms with van der Waals surface area (Å²) in [5, 5.41) is 0. The monoisotopic (exact) mass is 356 g/mol. The molecule has 0 atom stereocenters. The molecular formula is C22H29ClN2. The minimum atomic E-state index is 0. The highest BCUT2D eigenvalue weighted by atomic mass is 35.5. The van der Waals surface area contributed by atoms with Gasteiger partial charge in [0.1, 0.15) is 24.5 Å². The summed E-state index contributed by atoms with van der Waals surface area (Å²) in [6.07, 6.45) is 2.30. The summed E-state index contributed by atoms with van der Waals surface area (Å²) in [5.41, 5.74) is 6.96. The third kappa shape index (κ3) is 3.90. The fourth-order valence-electron chi connectivity index (χ4n) is 3.58. The molecule has 0 amide bonds. The number of rotatable bonds is 4. The highest BCUT2D eigenvalue weighted by Crippen LogP contribution is 2.35. The largest absolute Gasteiger partial charge is 1.00 e. The SMILES string of the molecule is Cc1ccccc1N1C=[N+](c2c(C(C)C)cccc2C(C)C)CC1.[Cl-]. The number of nitrogens with zero attached hydrogens (tertiary/aromatic N) is 2. The summed E-state index contributed by atoms with van der Waals surface area (Å²) < 4.78 is 2.46. The number of halogens is 1. The van der Waals surface area contributed by atoms with Gasteiger partial charge in [0.05, 0.1) is 0 Å². The zero-order valence-corrected chi connectivity index (χ0v) is 16.7. The summed E-state index contributed by atoms with van der Waals surface area (Å²) in [6.45, 7) is 13.4. The summed E-state index contributed by atoms with van der Waals surface area (Å²) in [5.74, 6) is 1.05. The summed E-state index contributed by atoms with van der Waals surface area (Å²) >= 11 is 0. The van der Waals surface area contributed by atoms with E-state index in [1.165, 1.54) is 28.1 Å². The molecule has 2 nitrogen and oxygen atoms in total. The summed E-state index contributed by atoms with van der Waals surface area (Å²) in [7, 11) is 0. The van der Waals surface area contributed by atoms with Crippen molar-refractivity contribution in [1.82, 2.24) is 0 Å². The van der Waals surface area contributed by atoms with Crippen molar-refractivity contribution in [2.75, 3.05) is 18.0 Å². The molecule has 0 unspecified atom stereocenters. The first-order valence-electron chi connectivity index (χ1n) is 9.05. The molecule has 2 aromatic carbocycles. The molecule has 3 rings (SSSR count). The molecule has 0 radical (unpaired) electrons. The fraction of sp³-hybridized carbons (Fsp3) is 0.409. The van der Waals surface area contributed by atoms with Crippen LogP contribution in [0.25, 0.3) is 0 Å². The molecule has 0 bridgehead atoms. The molecule has 0 spiro atoms. The molecule has 0 saturated heterocycles. The Morgan fingerprint density at radius 3 is 2.04 bits per heavy atom. The normalized spacial score (nSPS) is 14.0. The van der Waals surface area contributed by atoms with Crippen molar-refractivity contribution in [3.63, 3.8) is 0 Å². The van der Waals surface area contributed by atoms with E-state index in [0.29, 0.717) is 11.8 Å². The predicted molar refractivity (Wildman–Crippen MR) is 104 cm³/mol. The van der Waals surface area contributed by atoms with E-state index in [4.69, 9.17) is 0 Å². The van der Waals surface area contributed by atoms with Gasteiger partial charge in [-0.05, 0) is 30.4 Å². The lowest BCUT2D eigenvalue weighted by atomic mass is 9.92. The van der Waals surface area contributed by atoms with Crippen molar-refractivity contribution < 1.29 is 17.0 Å². The van der Waals surface area contributed by atoms with Gasteiger partial charge in [0.15, 0.2) is 0 Å². The van der Waals surface area contributed by atoms with Gasteiger partial charge in [-0.15, -0.1) is 0 Å². The molecule has 0 fully saturated rings. The minimum absolute atomic E-state index is 0. The van der Waals surface area contributed by atoms with Crippen LogP contribution < -0.4 is 17.3 Å². The molecule has 0 N–H and O–H groups in total. The second kappa shape index (κ2) is 8.05. The maximum absolute atomic E-state index is 2.46. The van der Waals surface area contributed by atoms with Crippen molar-refractivity contribution in [3.05, 3.63) is 59.2 Å². The maximum Gasteiger partial charge on any atom is 0.244 e. The van der Waals surface area contributed by atoms with Gasteiger partial charge in [0.25, 0.3) is 0 Å². The van der Waals surface area contributed by atoms with E-state index < -0.39 is 0 Å². The molecule has 0 saturated carbocycles. The highest BCUT2D eigenvalue weighted by molar-refractivity contribution is 5.80. The summed E-state index contributed by atoms with van der Waals surface area (Å²) in [4.78, 5) is 2.39. The van der Waals surface area contributed by atoms with E-state index in [2.05, 4.69) is 92.9 Å². The molecule has 25 heavy (non-hydrogen) atoms. The van der Waals surface area contributed by atoms with Crippen LogP contribution in [0.3, 0.4) is 0 Å². The number of aryl methyl sites for hydroxylation is 1. The zero-order chi connectivity index (χ0) is 17.3. The molecule has 0 aliphatic carbocycles. The van der Waals surface area contributed by atoms with Gasteiger partial charge >= 0.3 is 0 Å². The molecule has 1 aliphatic heterocycles. The fourth-order valence-corrected chi connectivity index (χ4v) is 3.58. The summed E-state index contributed by atoms with van der Waals surface area (Å²) in [6, 6.07) is 15.4. The Bertz CT molecular complexity index is 736. The van der Waals surface area contributed by atoms with Crippen LogP contribution in [-0.2, 0) is 0 Å². The molecule has 1 heterocycles. The topological polar surface area (TPSA) is 6.25 Å². The van der Waals surface area contributed by atoms with Crippen LogP contribution >= 0.6 is 0 Å². The third-order valence-electron chi connectivity index (χ3n) is 4.92. The van der Waals surface area contributed by atoms with Gasteiger partial charge < -0.3 is 12.4 Å². The van der Waals surface area contributed by atoms with Gasteiger partial charge in [-0.25, -0.2) is 9.48 Å². The molecule has 1 aliphatic rings. The second-order valence-electron chi connectivity index (χ2n) is 7.38. The number of para-hydroxylation sites is 2. The van der Waals surface area contributed by atoms with Crippen LogP contribution in [-0.4, -0.2) is 24.0 Å². The van der Waals surface area contributed by atoms with E-state index >= 15 is 0 Å². The molecule has 0 aromatic heterocycles. The first-order chi connectivity index (χ1) is 11.5. The molecule has 2 aromatic rings. The van der Waals surface area contributed by atoms with Crippen LogP contribution in [0.1, 0.15) is 56.2 Å². The zero-order valence-electron chi connectivity index (χ0n) is 16.0. The van der Waals surface area contributed by atoms with Gasteiger partial charge in [-0.3, -0.25) is 0 Å². The number of benzene rings is 2. The Labute approximate surface area is 158 Å². The average molecular weight is 357 g/mol.